The SMILES string of the molecule is Cn1cc(CS(=O)c2ccc(N)cc2F)nn1. The third-order valence-corrected chi connectivity index (χ3v) is 3.51. The van der Waals surface area contributed by atoms with Crippen molar-refractivity contribution in [2.24, 2.45) is 7.05 Å². The van der Waals surface area contributed by atoms with Gasteiger partial charge >= 0.3 is 0 Å². The molecular weight excluding hydrogens is 243 g/mol. The topological polar surface area (TPSA) is 73.8 Å². The molecule has 0 aliphatic rings. The number of rotatable bonds is 3. The van der Waals surface area contributed by atoms with Crippen molar-refractivity contribution in [2.75, 3.05) is 5.73 Å². The van der Waals surface area contributed by atoms with E-state index in [0.717, 1.165) is 6.07 Å². The molecule has 2 aromatic rings. The van der Waals surface area contributed by atoms with Crippen molar-refractivity contribution < 1.29 is 8.60 Å². The highest BCUT2D eigenvalue weighted by Gasteiger charge is 2.12. The van der Waals surface area contributed by atoms with E-state index in [2.05, 4.69) is 10.3 Å². The van der Waals surface area contributed by atoms with Gasteiger partial charge in [-0.25, -0.2) is 4.39 Å². The summed E-state index contributed by atoms with van der Waals surface area (Å²) in [4.78, 5) is 0.129. The number of hydrogen-bond donors (Lipinski definition) is 1. The summed E-state index contributed by atoms with van der Waals surface area (Å²) in [6.45, 7) is 0. The monoisotopic (exact) mass is 254 g/mol. The summed E-state index contributed by atoms with van der Waals surface area (Å²) in [7, 11) is 0.224. The summed E-state index contributed by atoms with van der Waals surface area (Å²) in [6, 6.07) is 4.11. The minimum absolute atomic E-state index is 0.129. The lowest BCUT2D eigenvalue weighted by Crippen LogP contribution is -2.00. The van der Waals surface area contributed by atoms with Gasteiger partial charge in [0.2, 0.25) is 0 Å². The Morgan fingerprint density at radius 1 is 1.53 bits per heavy atom. The standard InChI is InChI=1S/C10H11FN4OS/c1-15-5-8(13-14-15)6-17(16)10-3-2-7(12)4-9(10)11/h2-5H,6,12H2,1H3. The van der Waals surface area contributed by atoms with E-state index in [0.29, 0.717) is 11.4 Å². The number of nitrogens with two attached hydrogens (primary N) is 1. The lowest BCUT2D eigenvalue weighted by molar-refractivity contribution is 0.596. The number of halogens is 1. The fourth-order valence-electron chi connectivity index (χ4n) is 1.38. The zero-order chi connectivity index (χ0) is 12.4. The van der Waals surface area contributed by atoms with Gasteiger partial charge in [-0.15, -0.1) is 5.10 Å². The van der Waals surface area contributed by atoms with Crippen LogP contribution in [0.2, 0.25) is 0 Å². The highest BCUT2D eigenvalue weighted by molar-refractivity contribution is 7.84. The molecule has 7 heteroatoms. The van der Waals surface area contributed by atoms with Gasteiger partial charge in [0.1, 0.15) is 5.82 Å². The maximum atomic E-state index is 13.5. The molecule has 1 heterocycles. The Labute approximate surface area is 99.9 Å². The molecule has 0 amide bonds. The summed E-state index contributed by atoms with van der Waals surface area (Å²) in [5.41, 5.74) is 6.28. The molecule has 2 rings (SSSR count). The van der Waals surface area contributed by atoms with Crippen LogP contribution < -0.4 is 5.73 Å². The number of aryl methyl sites for hydroxylation is 1. The van der Waals surface area contributed by atoms with Crippen molar-refractivity contribution in [3.63, 3.8) is 0 Å². The summed E-state index contributed by atoms with van der Waals surface area (Å²) >= 11 is 0. The van der Waals surface area contributed by atoms with Crippen LogP contribution in [0.3, 0.4) is 0 Å². The molecule has 0 spiro atoms. The number of nitrogens with zero attached hydrogens (tertiary/aromatic N) is 3. The zero-order valence-corrected chi connectivity index (χ0v) is 9.95. The Hall–Kier alpha value is -1.76. The van der Waals surface area contributed by atoms with Crippen molar-refractivity contribution >= 4 is 16.5 Å². The minimum atomic E-state index is -1.49. The fourth-order valence-corrected chi connectivity index (χ4v) is 2.43. The van der Waals surface area contributed by atoms with Gasteiger partial charge in [0.15, 0.2) is 0 Å². The van der Waals surface area contributed by atoms with Crippen molar-refractivity contribution in [1.29, 1.82) is 0 Å². The van der Waals surface area contributed by atoms with Crippen LogP contribution >= 0.6 is 0 Å². The predicted octanol–water partition coefficient (Wildman–Crippen LogP) is 0.844. The summed E-state index contributed by atoms with van der Waals surface area (Å²) in [5.74, 6) is -0.429. The van der Waals surface area contributed by atoms with E-state index in [1.165, 1.54) is 16.8 Å². The van der Waals surface area contributed by atoms with E-state index in [1.807, 2.05) is 0 Å². The summed E-state index contributed by atoms with van der Waals surface area (Å²) < 4.78 is 26.9. The lowest BCUT2D eigenvalue weighted by Gasteiger charge is -2.02. The number of benzene rings is 1. The first kappa shape index (κ1) is 11.7. The van der Waals surface area contributed by atoms with Crippen LogP contribution in [0.4, 0.5) is 10.1 Å². The highest BCUT2D eigenvalue weighted by atomic mass is 32.2. The molecule has 1 aromatic heterocycles. The van der Waals surface area contributed by atoms with E-state index < -0.39 is 16.6 Å². The van der Waals surface area contributed by atoms with Gasteiger partial charge in [0, 0.05) is 18.9 Å². The molecule has 0 aliphatic heterocycles. The Morgan fingerprint density at radius 3 is 2.88 bits per heavy atom. The van der Waals surface area contributed by atoms with Gasteiger partial charge < -0.3 is 5.73 Å². The molecule has 1 atom stereocenters. The second-order valence-electron chi connectivity index (χ2n) is 3.56. The molecule has 17 heavy (non-hydrogen) atoms. The van der Waals surface area contributed by atoms with Crippen LogP contribution in [0.1, 0.15) is 5.69 Å². The minimum Gasteiger partial charge on any atom is -0.399 e. The normalized spacial score (nSPS) is 12.6. The molecule has 1 unspecified atom stereocenters. The number of nitrogen functional groups attached to an aromatic ring is 1. The fraction of sp³-hybridized carbons (Fsp3) is 0.200. The maximum absolute atomic E-state index is 13.5. The van der Waals surface area contributed by atoms with Crippen molar-refractivity contribution in [1.82, 2.24) is 15.0 Å². The third-order valence-electron chi connectivity index (χ3n) is 2.13. The number of hydrogen-bond acceptors (Lipinski definition) is 4. The molecule has 0 fully saturated rings. The van der Waals surface area contributed by atoms with E-state index in [9.17, 15) is 8.60 Å². The van der Waals surface area contributed by atoms with Gasteiger partial charge in [-0.1, -0.05) is 5.21 Å². The first-order valence-electron chi connectivity index (χ1n) is 4.85. The Bertz CT molecular complexity index is 569. The molecule has 0 bridgehead atoms. The van der Waals surface area contributed by atoms with Crippen LogP contribution in [-0.4, -0.2) is 19.2 Å². The van der Waals surface area contributed by atoms with Crippen LogP contribution in [0.25, 0.3) is 0 Å². The number of aromatic nitrogens is 3. The summed E-state index contributed by atoms with van der Waals surface area (Å²) in [5, 5.41) is 7.52. The van der Waals surface area contributed by atoms with E-state index in [4.69, 9.17) is 5.73 Å². The quantitative estimate of drug-likeness (QED) is 0.824. The molecule has 0 radical (unpaired) electrons. The van der Waals surface area contributed by atoms with Gasteiger partial charge in [-0.3, -0.25) is 8.89 Å². The summed E-state index contributed by atoms with van der Waals surface area (Å²) in [6.07, 6.45) is 1.65. The van der Waals surface area contributed by atoms with Gasteiger partial charge in [0.05, 0.1) is 27.1 Å². The van der Waals surface area contributed by atoms with Gasteiger partial charge in [-0.05, 0) is 18.2 Å². The smallest absolute Gasteiger partial charge is 0.141 e. The molecule has 0 saturated heterocycles. The largest absolute Gasteiger partial charge is 0.399 e. The maximum Gasteiger partial charge on any atom is 0.141 e. The molecule has 0 saturated carbocycles. The molecule has 90 valence electrons. The molecule has 2 N–H and O–H groups in total. The lowest BCUT2D eigenvalue weighted by atomic mass is 10.3. The van der Waals surface area contributed by atoms with Crippen LogP contribution in [0.5, 0.6) is 0 Å². The van der Waals surface area contributed by atoms with Crippen LogP contribution in [0, 0.1) is 5.82 Å². The Morgan fingerprint density at radius 2 is 2.29 bits per heavy atom. The third kappa shape index (κ3) is 2.68. The first-order chi connectivity index (χ1) is 8.06. The van der Waals surface area contributed by atoms with E-state index in [1.54, 1.807) is 13.2 Å². The zero-order valence-electron chi connectivity index (χ0n) is 9.13. The second-order valence-corrected chi connectivity index (χ2v) is 4.98. The van der Waals surface area contributed by atoms with Crippen LogP contribution in [-0.2, 0) is 23.6 Å². The second kappa shape index (κ2) is 4.62. The predicted molar refractivity (Wildman–Crippen MR) is 61.9 cm³/mol. The van der Waals surface area contributed by atoms with Gasteiger partial charge in [0.25, 0.3) is 0 Å². The highest BCUT2D eigenvalue weighted by Crippen LogP contribution is 2.17. The van der Waals surface area contributed by atoms with Gasteiger partial charge in [-0.2, -0.15) is 0 Å². The molecule has 0 aliphatic carbocycles. The number of anilines is 1. The van der Waals surface area contributed by atoms with Crippen molar-refractivity contribution in [3.05, 3.63) is 35.9 Å². The van der Waals surface area contributed by atoms with E-state index in [-0.39, 0.29) is 10.6 Å². The average Bonchev–Trinajstić information content (AvgIpc) is 2.63. The molecular formula is C10H11FN4OS. The molecule has 5 nitrogen and oxygen atoms in total. The van der Waals surface area contributed by atoms with Crippen molar-refractivity contribution in [3.8, 4) is 0 Å². The van der Waals surface area contributed by atoms with Crippen LogP contribution in [0.15, 0.2) is 29.3 Å². The molecule has 1 aromatic carbocycles. The average molecular weight is 254 g/mol. The first-order valence-corrected chi connectivity index (χ1v) is 6.17. The van der Waals surface area contributed by atoms with Crippen molar-refractivity contribution in [2.45, 2.75) is 10.6 Å². The van der Waals surface area contributed by atoms with E-state index >= 15 is 0 Å². The Balaban J connectivity index is 2.20. The Kier molecular flexibility index (Phi) is 3.19.